The molecule has 130 valence electrons. The lowest BCUT2D eigenvalue weighted by molar-refractivity contribution is -0.164. The maximum absolute atomic E-state index is 12.3. The molecule has 1 unspecified atom stereocenters. The van der Waals surface area contributed by atoms with Crippen LogP contribution in [0.15, 0.2) is 12.7 Å². The van der Waals surface area contributed by atoms with Gasteiger partial charge in [0.05, 0.1) is 25.6 Å². The first-order chi connectivity index (χ1) is 11.5. The molecule has 2 rings (SSSR count). The van der Waals surface area contributed by atoms with Crippen molar-refractivity contribution in [3.05, 3.63) is 12.7 Å². The van der Waals surface area contributed by atoms with Gasteiger partial charge in [-0.15, -0.1) is 0 Å². The summed E-state index contributed by atoms with van der Waals surface area (Å²) in [6, 6.07) is -0.553. The number of fused-ring (bicyclic) bond motifs is 1. The Morgan fingerprint density at radius 1 is 1.12 bits per heavy atom. The van der Waals surface area contributed by atoms with E-state index in [1.54, 1.807) is 18.4 Å². The van der Waals surface area contributed by atoms with E-state index in [1.807, 2.05) is 6.92 Å². The minimum absolute atomic E-state index is 0.172. The highest BCUT2D eigenvalue weighted by Crippen LogP contribution is 2.28. The van der Waals surface area contributed by atoms with Gasteiger partial charge in [0.1, 0.15) is 11.8 Å². The smallest absolute Gasteiger partial charge is 0.322 e. The van der Waals surface area contributed by atoms with Crippen molar-refractivity contribution in [3.8, 4) is 0 Å². The molecule has 2 heterocycles. The number of ether oxygens (including phenoxy) is 2. The van der Waals surface area contributed by atoms with Crippen molar-refractivity contribution in [3.63, 3.8) is 0 Å². The van der Waals surface area contributed by atoms with E-state index >= 15 is 0 Å². The zero-order valence-corrected chi connectivity index (χ0v) is 13.9. The van der Waals surface area contributed by atoms with Crippen LogP contribution in [0.1, 0.15) is 33.2 Å². The van der Waals surface area contributed by atoms with Crippen LogP contribution in [0.4, 0.5) is 5.82 Å². The van der Waals surface area contributed by atoms with Crippen LogP contribution in [0.2, 0.25) is 0 Å². The van der Waals surface area contributed by atoms with E-state index < -0.39 is 23.9 Å². The summed E-state index contributed by atoms with van der Waals surface area (Å²) in [5.74, 6) is -2.14. The number of hydrogen-bond donors (Lipinski definition) is 1. The van der Waals surface area contributed by atoms with Gasteiger partial charge in [0, 0.05) is 0 Å². The summed E-state index contributed by atoms with van der Waals surface area (Å²) in [6.45, 7) is 5.56. The highest BCUT2D eigenvalue weighted by molar-refractivity contribution is 5.96. The molecule has 0 aliphatic rings. The number of nitrogens with two attached hydrogens (primary N) is 1. The Kier molecular flexibility index (Phi) is 5.67. The zero-order chi connectivity index (χ0) is 17.7. The average molecular weight is 335 g/mol. The number of rotatable bonds is 7. The normalized spacial score (nSPS) is 12.3. The SMILES string of the molecule is CCOC(=O)C(C(=O)OCC)C(CC)n1cnc2c(N)ncnc21. The average Bonchev–Trinajstić information content (AvgIpc) is 2.98. The van der Waals surface area contributed by atoms with Gasteiger partial charge in [0.15, 0.2) is 17.4 Å². The van der Waals surface area contributed by atoms with Gasteiger partial charge >= 0.3 is 11.9 Å². The molecular formula is C15H21N5O4. The number of anilines is 1. The van der Waals surface area contributed by atoms with Crippen LogP contribution < -0.4 is 5.73 Å². The molecule has 0 aromatic carbocycles. The number of carbonyl (C=O) groups is 2. The fraction of sp³-hybridized carbons (Fsp3) is 0.533. The Morgan fingerprint density at radius 2 is 1.75 bits per heavy atom. The van der Waals surface area contributed by atoms with E-state index in [2.05, 4.69) is 15.0 Å². The van der Waals surface area contributed by atoms with E-state index in [4.69, 9.17) is 15.2 Å². The summed E-state index contributed by atoms with van der Waals surface area (Å²) in [7, 11) is 0. The third-order valence-corrected chi connectivity index (χ3v) is 3.63. The second kappa shape index (κ2) is 7.71. The van der Waals surface area contributed by atoms with E-state index in [-0.39, 0.29) is 19.0 Å². The van der Waals surface area contributed by atoms with Crippen molar-refractivity contribution in [2.45, 2.75) is 33.2 Å². The monoisotopic (exact) mass is 335 g/mol. The van der Waals surface area contributed by atoms with Crippen LogP contribution in [0.3, 0.4) is 0 Å². The quantitative estimate of drug-likeness (QED) is 0.589. The molecule has 0 saturated heterocycles. The Bertz CT molecular complexity index is 712. The van der Waals surface area contributed by atoms with Crippen molar-refractivity contribution in [2.75, 3.05) is 18.9 Å². The standard InChI is InChI=1S/C15H21N5O4/c1-4-9(10(14(21)23-5-2)15(22)24-6-3)20-8-19-11-12(16)17-7-18-13(11)20/h7-10H,4-6H2,1-3H3,(H2,16,17,18). The Hall–Kier alpha value is -2.71. The van der Waals surface area contributed by atoms with Gasteiger partial charge in [0.25, 0.3) is 0 Å². The molecule has 2 aromatic heterocycles. The summed E-state index contributed by atoms with van der Waals surface area (Å²) >= 11 is 0. The van der Waals surface area contributed by atoms with Crippen molar-refractivity contribution in [2.24, 2.45) is 5.92 Å². The molecule has 0 aliphatic heterocycles. The van der Waals surface area contributed by atoms with Gasteiger partial charge < -0.3 is 19.8 Å². The summed E-state index contributed by atoms with van der Waals surface area (Å²) in [4.78, 5) is 36.9. The molecule has 0 amide bonds. The van der Waals surface area contributed by atoms with E-state index in [0.717, 1.165) is 0 Å². The van der Waals surface area contributed by atoms with Crippen LogP contribution in [-0.2, 0) is 19.1 Å². The minimum Gasteiger partial charge on any atom is -0.465 e. The molecule has 0 fully saturated rings. The first kappa shape index (κ1) is 17.6. The molecule has 9 nitrogen and oxygen atoms in total. The molecule has 0 aliphatic carbocycles. The lowest BCUT2D eigenvalue weighted by atomic mass is 9.97. The maximum Gasteiger partial charge on any atom is 0.322 e. The number of nitrogen functional groups attached to an aromatic ring is 1. The van der Waals surface area contributed by atoms with Crippen LogP contribution in [-0.4, -0.2) is 44.7 Å². The molecule has 0 spiro atoms. The molecule has 9 heteroatoms. The highest BCUT2D eigenvalue weighted by Gasteiger charge is 2.38. The van der Waals surface area contributed by atoms with E-state index in [1.165, 1.54) is 12.7 Å². The van der Waals surface area contributed by atoms with Crippen LogP contribution in [0, 0.1) is 5.92 Å². The van der Waals surface area contributed by atoms with Crippen molar-refractivity contribution in [1.29, 1.82) is 0 Å². The highest BCUT2D eigenvalue weighted by atomic mass is 16.6. The minimum atomic E-state index is -1.11. The first-order valence-electron chi connectivity index (χ1n) is 7.81. The number of nitrogens with zero attached hydrogens (tertiary/aromatic N) is 4. The largest absolute Gasteiger partial charge is 0.465 e. The predicted molar refractivity (Wildman–Crippen MR) is 85.8 cm³/mol. The summed E-state index contributed by atoms with van der Waals surface area (Å²) in [5.41, 5.74) is 6.66. The summed E-state index contributed by atoms with van der Waals surface area (Å²) in [5, 5.41) is 0. The number of esters is 2. The summed E-state index contributed by atoms with van der Waals surface area (Å²) in [6.07, 6.45) is 3.28. The van der Waals surface area contributed by atoms with Gasteiger partial charge in [0.2, 0.25) is 0 Å². The number of imidazole rings is 1. The number of aromatic nitrogens is 4. The van der Waals surface area contributed by atoms with E-state index in [0.29, 0.717) is 17.6 Å². The van der Waals surface area contributed by atoms with Crippen LogP contribution in [0.25, 0.3) is 11.2 Å². The fourth-order valence-electron chi connectivity index (χ4n) is 2.58. The van der Waals surface area contributed by atoms with Gasteiger partial charge in [-0.2, -0.15) is 0 Å². The zero-order valence-electron chi connectivity index (χ0n) is 13.9. The molecule has 2 N–H and O–H groups in total. The lowest BCUT2D eigenvalue weighted by Gasteiger charge is -2.24. The second-order valence-electron chi connectivity index (χ2n) is 5.04. The third kappa shape index (κ3) is 3.29. The molecule has 0 saturated carbocycles. The summed E-state index contributed by atoms with van der Waals surface area (Å²) < 4.78 is 11.8. The molecular weight excluding hydrogens is 314 g/mol. The van der Waals surface area contributed by atoms with E-state index in [9.17, 15) is 9.59 Å². The Balaban J connectivity index is 2.49. The topological polar surface area (TPSA) is 122 Å². The van der Waals surface area contributed by atoms with Gasteiger partial charge in [-0.1, -0.05) is 6.92 Å². The molecule has 0 radical (unpaired) electrons. The van der Waals surface area contributed by atoms with Gasteiger partial charge in [-0.25, -0.2) is 15.0 Å². The second-order valence-corrected chi connectivity index (χ2v) is 5.04. The maximum atomic E-state index is 12.3. The molecule has 2 aromatic rings. The van der Waals surface area contributed by atoms with Gasteiger partial charge in [-0.05, 0) is 20.3 Å². The molecule has 24 heavy (non-hydrogen) atoms. The first-order valence-corrected chi connectivity index (χ1v) is 7.81. The Labute approximate surface area is 139 Å². The van der Waals surface area contributed by atoms with Crippen molar-refractivity contribution >= 4 is 28.9 Å². The molecule has 0 bridgehead atoms. The number of hydrogen-bond acceptors (Lipinski definition) is 8. The van der Waals surface area contributed by atoms with Crippen LogP contribution >= 0.6 is 0 Å². The fourth-order valence-corrected chi connectivity index (χ4v) is 2.58. The lowest BCUT2D eigenvalue weighted by Crippen LogP contribution is -2.35. The molecule has 1 atom stereocenters. The van der Waals surface area contributed by atoms with Gasteiger partial charge in [-0.3, -0.25) is 9.59 Å². The van der Waals surface area contributed by atoms with Crippen molar-refractivity contribution < 1.29 is 19.1 Å². The predicted octanol–water partition coefficient (Wildman–Crippen LogP) is 1.10. The third-order valence-electron chi connectivity index (χ3n) is 3.63. The van der Waals surface area contributed by atoms with Crippen molar-refractivity contribution in [1.82, 2.24) is 19.5 Å². The number of carbonyl (C=O) groups excluding carboxylic acids is 2. The van der Waals surface area contributed by atoms with Crippen LogP contribution in [0.5, 0.6) is 0 Å². The Morgan fingerprint density at radius 3 is 2.29 bits per heavy atom.